The first-order valence-electron chi connectivity index (χ1n) is 6.94. The zero-order chi connectivity index (χ0) is 17.0. The second-order valence-corrected chi connectivity index (χ2v) is 6.80. The summed E-state index contributed by atoms with van der Waals surface area (Å²) in [5.74, 6) is -0.421. The van der Waals surface area contributed by atoms with E-state index in [1.807, 2.05) is 6.92 Å². The van der Waals surface area contributed by atoms with E-state index in [0.29, 0.717) is 11.1 Å². The molecule has 0 fully saturated rings. The van der Waals surface area contributed by atoms with Gasteiger partial charge in [-0.25, -0.2) is 12.8 Å². The lowest BCUT2D eigenvalue weighted by molar-refractivity contribution is 0.385. The highest BCUT2D eigenvalue weighted by Crippen LogP contribution is 2.28. The Bertz CT molecular complexity index is 827. The molecular weight excluding hydrogens is 317 g/mol. The topological polar surface area (TPSA) is 55.4 Å². The Kier molecular flexibility index (Phi) is 5.05. The van der Waals surface area contributed by atoms with Crippen molar-refractivity contribution >= 4 is 15.6 Å². The van der Waals surface area contributed by atoms with Crippen LogP contribution in [-0.2, 0) is 10.0 Å². The molecule has 1 N–H and O–H groups in total. The fraction of sp³-hybridized carbons (Fsp3) is 0.176. The maximum atomic E-state index is 13.7. The Morgan fingerprint density at radius 1 is 1.17 bits per heavy atom. The monoisotopic (exact) mass is 335 g/mol. The van der Waals surface area contributed by atoms with Crippen LogP contribution >= 0.6 is 0 Å². The number of sulfonamides is 1. The third-order valence-electron chi connectivity index (χ3n) is 3.36. The van der Waals surface area contributed by atoms with Crippen molar-refractivity contribution in [1.29, 1.82) is 0 Å². The number of ether oxygens (including phenoxy) is 1. The van der Waals surface area contributed by atoms with Crippen molar-refractivity contribution in [3.63, 3.8) is 0 Å². The third kappa shape index (κ3) is 3.90. The van der Waals surface area contributed by atoms with Gasteiger partial charge in [0, 0.05) is 11.8 Å². The van der Waals surface area contributed by atoms with E-state index < -0.39 is 15.8 Å². The molecule has 23 heavy (non-hydrogen) atoms. The second kappa shape index (κ2) is 6.83. The summed E-state index contributed by atoms with van der Waals surface area (Å²) in [5, 5.41) is 0. The standard InChI is InChI=1S/C17H18FNO3S/c1-12-7-9-14(10-8-12)23(20,21)19-11-13(2)15-5-4-6-16(18)17(15)22-3/h4-11,19H,1-3H3/b13-11+. The van der Waals surface area contributed by atoms with Gasteiger partial charge in [-0.05, 0) is 37.6 Å². The van der Waals surface area contributed by atoms with Crippen molar-refractivity contribution < 1.29 is 17.5 Å². The summed E-state index contributed by atoms with van der Waals surface area (Å²) >= 11 is 0. The van der Waals surface area contributed by atoms with Crippen LogP contribution in [0.5, 0.6) is 5.75 Å². The summed E-state index contributed by atoms with van der Waals surface area (Å²) in [7, 11) is -2.30. The van der Waals surface area contributed by atoms with E-state index in [-0.39, 0.29) is 10.6 Å². The first kappa shape index (κ1) is 17.0. The minimum Gasteiger partial charge on any atom is -0.493 e. The molecule has 0 aliphatic carbocycles. The van der Waals surface area contributed by atoms with E-state index in [2.05, 4.69) is 4.72 Å². The van der Waals surface area contributed by atoms with Crippen LogP contribution in [0.2, 0.25) is 0 Å². The van der Waals surface area contributed by atoms with E-state index in [9.17, 15) is 12.8 Å². The summed E-state index contributed by atoms with van der Waals surface area (Å²) in [6.07, 6.45) is 1.33. The SMILES string of the molecule is COc1c(F)cccc1/C(C)=C/NS(=O)(=O)c1ccc(C)cc1. The van der Waals surface area contributed by atoms with Gasteiger partial charge in [0.1, 0.15) is 0 Å². The molecule has 4 nitrogen and oxygen atoms in total. The molecule has 0 unspecified atom stereocenters. The van der Waals surface area contributed by atoms with Gasteiger partial charge in [-0.15, -0.1) is 0 Å². The molecule has 0 saturated carbocycles. The van der Waals surface area contributed by atoms with Crippen LogP contribution in [0.3, 0.4) is 0 Å². The van der Waals surface area contributed by atoms with Gasteiger partial charge in [0.2, 0.25) is 0 Å². The highest BCUT2D eigenvalue weighted by molar-refractivity contribution is 7.89. The van der Waals surface area contributed by atoms with Crippen LogP contribution in [-0.4, -0.2) is 15.5 Å². The molecular formula is C17H18FNO3S. The lowest BCUT2D eigenvalue weighted by Gasteiger charge is -2.10. The molecule has 0 aromatic heterocycles. The molecule has 0 aliphatic rings. The lowest BCUT2D eigenvalue weighted by Crippen LogP contribution is -2.18. The Labute approximate surface area is 135 Å². The average molecular weight is 335 g/mol. The second-order valence-electron chi connectivity index (χ2n) is 5.08. The van der Waals surface area contributed by atoms with E-state index in [1.54, 1.807) is 31.2 Å². The molecule has 0 saturated heterocycles. The highest BCUT2D eigenvalue weighted by atomic mass is 32.2. The maximum absolute atomic E-state index is 13.7. The first-order valence-corrected chi connectivity index (χ1v) is 8.42. The number of nitrogens with one attached hydrogen (secondary N) is 1. The molecule has 0 amide bonds. The molecule has 2 aromatic carbocycles. The lowest BCUT2D eigenvalue weighted by atomic mass is 10.1. The number of hydrogen-bond donors (Lipinski definition) is 1. The molecule has 0 bridgehead atoms. The molecule has 6 heteroatoms. The van der Waals surface area contributed by atoms with E-state index in [4.69, 9.17) is 4.74 Å². The van der Waals surface area contributed by atoms with E-state index in [1.165, 1.54) is 31.5 Å². The molecule has 2 aromatic rings. The molecule has 0 atom stereocenters. The Hall–Kier alpha value is -2.34. The van der Waals surface area contributed by atoms with Crippen molar-refractivity contribution in [2.75, 3.05) is 7.11 Å². The fourth-order valence-corrected chi connectivity index (χ4v) is 3.02. The summed E-state index contributed by atoms with van der Waals surface area (Å²) in [5.41, 5.74) is 2.00. The van der Waals surface area contributed by atoms with Crippen molar-refractivity contribution in [3.8, 4) is 5.75 Å². The molecule has 0 spiro atoms. The minimum absolute atomic E-state index is 0.0794. The molecule has 122 valence electrons. The van der Waals surface area contributed by atoms with Gasteiger partial charge in [-0.1, -0.05) is 29.8 Å². The number of halogens is 1. The van der Waals surface area contributed by atoms with Crippen LogP contribution < -0.4 is 9.46 Å². The van der Waals surface area contributed by atoms with E-state index >= 15 is 0 Å². The Morgan fingerprint density at radius 2 is 1.83 bits per heavy atom. The van der Waals surface area contributed by atoms with Gasteiger partial charge in [0.05, 0.1) is 12.0 Å². The van der Waals surface area contributed by atoms with Crippen LogP contribution in [0, 0.1) is 12.7 Å². The number of aryl methyl sites for hydroxylation is 1. The smallest absolute Gasteiger partial charge is 0.261 e. The van der Waals surface area contributed by atoms with Crippen molar-refractivity contribution in [2.24, 2.45) is 0 Å². The number of benzene rings is 2. The average Bonchev–Trinajstić information content (AvgIpc) is 2.53. The number of rotatable bonds is 5. The summed E-state index contributed by atoms with van der Waals surface area (Å²) in [6, 6.07) is 11.0. The molecule has 0 radical (unpaired) electrons. The van der Waals surface area contributed by atoms with Crippen LogP contribution in [0.25, 0.3) is 5.57 Å². The summed E-state index contributed by atoms with van der Waals surface area (Å²) in [6.45, 7) is 3.55. The molecule has 0 aliphatic heterocycles. The van der Waals surface area contributed by atoms with Crippen molar-refractivity contribution in [1.82, 2.24) is 4.72 Å². The minimum atomic E-state index is -3.67. The summed E-state index contributed by atoms with van der Waals surface area (Å²) in [4.78, 5) is 0.165. The van der Waals surface area contributed by atoms with Gasteiger partial charge >= 0.3 is 0 Å². The predicted octanol–water partition coefficient (Wildman–Crippen LogP) is 3.48. The number of para-hydroxylation sites is 1. The zero-order valence-electron chi connectivity index (χ0n) is 13.1. The Balaban J connectivity index is 2.29. The van der Waals surface area contributed by atoms with E-state index in [0.717, 1.165) is 5.56 Å². The number of hydrogen-bond acceptors (Lipinski definition) is 3. The molecule has 2 rings (SSSR count). The van der Waals surface area contributed by atoms with Gasteiger partial charge in [-0.2, -0.15) is 0 Å². The number of allylic oxidation sites excluding steroid dienone is 1. The normalized spacial score (nSPS) is 12.1. The van der Waals surface area contributed by atoms with Crippen LogP contribution in [0.1, 0.15) is 18.1 Å². The summed E-state index contributed by atoms with van der Waals surface area (Å²) < 4.78 is 45.6. The number of methoxy groups -OCH3 is 1. The molecule has 0 heterocycles. The fourth-order valence-electron chi connectivity index (χ4n) is 2.06. The third-order valence-corrected chi connectivity index (χ3v) is 4.68. The van der Waals surface area contributed by atoms with Gasteiger partial charge < -0.3 is 4.74 Å². The van der Waals surface area contributed by atoms with Gasteiger partial charge in [0.25, 0.3) is 10.0 Å². The quantitative estimate of drug-likeness (QED) is 0.910. The predicted molar refractivity (Wildman–Crippen MR) is 88.1 cm³/mol. The Morgan fingerprint density at radius 3 is 2.43 bits per heavy atom. The van der Waals surface area contributed by atoms with Gasteiger partial charge in [0.15, 0.2) is 11.6 Å². The van der Waals surface area contributed by atoms with Crippen LogP contribution in [0.4, 0.5) is 4.39 Å². The first-order chi connectivity index (χ1) is 10.8. The van der Waals surface area contributed by atoms with Gasteiger partial charge in [-0.3, -0.25) is 4.72 Å². The highest BCUT2D eigenvalue weighted by Gasteiger charge is 2.13. The largest absolute Gasteiger partial charge is 0.493 e. The van der Waals surface area contributed by atoms with Crippen LogP contribution in [0.15, 0.2) is 53.6 Å². The maximum Gasteiger partial charge on any atom is 0.261 e. The van der Waals surface area contributed by atoms with Crippen molar-refractivity contribution in [3.05, 3.63) is 65.6 Å². The zero-order valence-corrected chi connectivity index (χ0v) is 13.9. The van der Waals surface area contributed by atoms with Crippen molar-refractivity contribution in [2.45, 2.75) is 18.7 Å².